The molecule has 0 N–H and O–H groups in total. The highest BCUT2D eigenvalue weighted by molar-refractivity contribution is 9.11. The van der Waals surface area contributed by atoms with Crippen LogP contribution in [0.4, 0.5) is 11.4 Å². The maximum Gasteiger partial charge on any atom is 0.294 e. The normalized spacial score (nSPS) is 15.5. The summed E-state index contributed by atoms with van der Waals surface area (Å²) < 4.78 is 1.49. The average molecular weight is 350 g/mol. The van der Waals surface area contributed by atoms with Crippen molar-refractivity contribution in [1.82, 2.24) is 0 Å². The number of hydrogen-bond acceptors (Lipinski definition) is 3. The number of anilines is 1. The lowest BCUT2D eigenvalue weighted by molar-refractivity contribution is -0.384. The standard InChI is InChI=1S/C10H10Br2N2O2/c11-7-5-8(12)10(9(6-7)14(15)16)13-3-1-2-4-13/h5-6H,1-4H2. The van der Waals surface area contributed by atoms with Crippen LogP contribution in [-0.2, 0) is 0 Å². The van der Waals surface area contributed by atoms with Gasteiger partial charge in [0.25, 0.3) is 5.69 Å². The fraction of sp³-hybridized carbons (Fsp3) is 0.400. The van der Waals surface area contributed by atoms with Crippen LogP contribution < -0.4 is 4.90 Å². The van der Waals surface area contributed by atoms with Gasteiger partial charge in [0.05, 0.1) is 4.92 Å². The van der Waals surface area contributed by atoms with E-state index in [9.17, 15) is 10.1 Å². The Morgan fingerprint density at radius 1 is 1.25 bits per heavy atom. The van der Waals surface area contributed by atoms with E-state index < -0.39 is 0 Å². The van der Waals surface area contributed by atoms with Crippen molar-refractivity contribution in [2.75, 3.05) is 18.0 Å². The van der Waals surface area contributed by atoms with Gasteiger partial charge in [-0.3, -0.25) is 10.1 Å². The first-order valence-corrected chi connectivity index (χ1v) is 6.56. The van der Waals surface area contributed by atoms with Crippen molar-refractivity contribution in [2.24, 2.45) is 0 Å². The molecule has 16 heavy (non-hydrogen) atoms. The summed E-state index contributed by atoms with van der Waals surface area (Å²) in [6.45, 7) is 1.78. The van der Waals surface area contributed by atoms with Crippen molar-refractivity contribution < 1.29 is 4.92 Å². The Bertz CT molecular complexity index is 431. The lowest BCUT2D eigenvalue weighted by atomic mass is 10.2. The van der Waals surface area contributed by atoms with Crippen molar-refractivity contribution in [3.8, 4) is 0 Å². The maximum absolute atomic E-state index is 11.0. The largest absolute Gasteiger partial charge is 0.365 e. The highest BCUT2D eigenvalue weighted by atomic mass is 79.9. The summed E-state index contributed by atoms with van der Waals surface area (Å²) in [7, 11) is 0. The molecule has 86 valence electrons. The van der Waals surface area contributed by atoms with Crippen LogP contribution in [0.3, 0.4) is 0 Å². The van der Waals surface area contributed by atoms with Gasteiger partial charge >= 0.3 is 0 Å². The zero-order valence-electron chi connectivity index (χ0n) is 8.45. The fourth-order valence-electron chi connectivity index (χ4n) is 1.95. The molecule has 0 amide bonds. The maximum atomic E-state index is 11.0. The van der Waals surface area contributed by atoms with Crippen LogP contribution in [0.5, 0.6) is 0 Å². The monoisotopic (exact) mass is 348 g/mol. The second-order valence-corrected chi connectivity index (χ2v) is 5.48. The number of halogens is 2. The molecule has 1 aromatic carbocycles. The molecule has 1 fully saturated rings. The molecule has 6 heteroatoms. The molecule has 0 atom stereocenters. The third kappa shape index (κ3) is 2.22. The quantitative estimate of drug-likeness (QED) is 0.603. The zero-order valence-corrected chi connectivity index (χ0v) is 11.6. The highest BCUT2D eigenvalue weighted by Crippen LogP contribution is 2.39. The summed E-state index contributed by atoms with van der Waals surface area (Å²) in [6, 6.07) is 3.40. The van der Waals surface area contributed by atoms with Gasteiger partial charge in [0, 0.05) is 28.1 Å². The molecular weight excluding hydrogens is 340 g/mol. The number of nitro groups is 1. The van der Waals surface area contributed by atoms with Crippen molar-refractivity contribution in [1.29, 1.82) is 0 Å². The van der Waals surface area contributed by atoms with Gasteiger partial charge in [-0.1, -0.05) is 15.9 Å². The first-order chi connectivity index (χ1) is 7.59. The van der Waals surface area contributed by atoms with E-state index in [2.05, 4.69) is 36.8 Å². The second-order valence-electron chi connectivity index (χ2n) is 3.71. The van der Waals surface area contributed by atoms with Gasteiger partial charge in [0.2, 0.25) is 0 Å². The van der Waals surface area contributed by atoms with E-state index in [1.807, 2.05) is 6.07 Å². The molecule has 1 aliphatic heterocycles. The zero-order chi connectivity index (χ0) is 11.7. The molecule has 0 radical (unpaired) electrons. The van der Waals surface area contributed by atoms with Crippen molar-refractivity contribution >= 4 is 43.2 Å². The molecule has 1 aliphatic rings. The molecule has 0 aromatic heterocycles. The van der Waals surface area contributed by atoms with Gasteiger partial charge in [-0.05, 0) is 34.8 Å². The summed E-state index contributed by atoms with van der Waals surface area (Å²) >= 11 is 6.67. The molecule has 0 saturated carbocycles. The number of rotatable bonds is 2. The Morgan fingerprint density at radius 3 is 2.44 bits per heavy atom. The van der Waals surface area contributed by atoms with Crippen LogP contribution in [-0.4, -0.2) is 18.0 Å². The van der Waals surface area contributed by atoms with Crippen molar-refractivity contribution in [3.05, 3.63) is 31.2 Å². The van der Waals surface area contributed by atoms with E-state index in [1.54, 1.807) is 6.07 Å². The van der Waals surface area contributed by atoms with Crippen LogP contribution in [0.25, 0.3) is 0 Å². The van der Waals surface area contributed by atoms with Crippen LogP contribution >= 0.6 is 31.9 Å². The average Bonchev–Trinajstić information content (AvgIpc) is 2.69. The lowest BCUT2D eigenvalue weighted by Crippen LogP contribution is -2.19. The van der Waals surface area contributed by atoms with E-state index in [1.165, 1.54) is 0 Å². The molecule has 1 heterocycles. The summed E-state index contributed by atoms with van der Waals surface area (Å²) in [5.74, 6) is 0. The van der Waals surface area contributed by atoms with Crippen LogP contribution in [0.15, 0.2) is 21.1 Å². The van der Waals surface area contributed by atoms with E-state index in [4.69, 9.17) is 0 Å². The Morgan fingerprint density at radius 2 is 1.88 bits per heavy atom. The van der Waals surface area contributed by atoms with Gasteiger partial charge < -0.3 is 4.90 Å². The molecule has 2 rings (SSSR count). The van der Waals surface area contributed by atoms with Gasteiger partial charge in [-0.25, -0.2) is 0 Å². The van der Waals surface area contributed by atoms with Gasteiger partial charge in [0.1, 0.15) is 5.69 Å². The minimum Gasteiger partial charge on any atom is -0.365 e. The lowest BCUT2D eigenvalue weighted by Gasteiger charge is -2.19. The Balaban J connectivity index is 2.52. The predicted octanol–water partition coefficient (Wildman–Crippen LogP) is 3.72. The van der Waals surface area contributed by atoms with E-state index in [0.717, 1.165) is 30.4 Å². The summed E-state index contributed by atoms with van der Waals surface area (Å²) in [6.07, 6.45) is 2.19. The Labute approximate surface area is 110 Å². The fourth-order valence-corrected chi connectivity index (χ4v) is 3.40. The molecule has 1 saturated heterocycles. The number of hydrogen-bond donors (Lipinski definition) is 0. The first kappa shape index (κ1) is 11.9. The first-order valence-electron chi connectivity index (χ1n) is 4.98. The highest BCUT2D eigenvalue weighted by Gasteiger charge is 2.25. The summed E-state index contributed by atoms with van der Waals surface area (Å²) in [5.41, 5.74) is 0.855. The van der Waals surface area contributed by atoms with E-state index in [-0.39, 0.29) is 10.6 Å². The van der Waals surface area contributed by atoms with Crippen molar-refractivity contribution in [2.45, 2.75) is 12.8 Å². The molecule has 0 unspecified atom stereocenters. The Kier molecular flexibility index (Phi) is 3.49. The molecular formula is C10H10Br2N2O2. The minimum atomic E-state index is -0.330. The topological polar surface area (TPSA) is 46.4 Å². The molecule has 0 spiro atoms. The molecule has 0 bridgehead atoms. The smallest absolute Gasteiger partial charge is 0.294 e. The number of nitrogens with zero attached hydrogens (tertiary/aromatic N) is 2. The molecule has 1 aromatic rings. The molecule has 4 nitrogen and oxygen atoms in total. The van der Waals surface area contributed by atoms with E-state index >= 15 is 0 Å². The minimum absolute atomic E-state index is 0.156. The van der Waals surface area contributed by atoms with Crippen molar-refractivity contribution in [3.63, 3.8) is 0 Å². The third-order valence-electron chi connectivity index (χ3n) is 2.63. The number of benzene rings is 1. The summed E-state index contributed by atoms with van der Waals surface area (Å²) in [4.78, 5) is 12.8. The Hall–Kier alpha value is -0.620. The second kappa shape index (κ2) is 4.71. The summed E-state index contributed by atoms with van der Waals surface area (Å²) in [5, 5.41) is 11.0. The third-order valence-corrected chi connectivity index (χ3v) is 3.69. The van der Waals surface area contributed by atoms with Crippen LogP contribution in [0.2, 0.25) is 0 Å². The van der Waals surface area contributed by atoms with Gasteiger partial charge in [0.15, 0.2) is 0 Å². The van der Waals surface area contributed by atoms with Crippen LogP contribution in [0.1, 0.15) is 12.8 Å². The molecule has 0 aliphatic carbocycles. The van der Waals surface area contributed by atoms with Crippen LogP contribution in [0, 0.1) is 10.1 Å². The predicted molar refractivity (Wildman–Crippen MR) is 69.9 cm³/mol. The van der Waals surface area contributed by atoms with Gasteiger partial charge in [-0.15, -0.1) is 0 Å². The van der Waals surface area contributed by atoms with E-state index in [0.29, 0.717) is 10.2 Å². The SMILES string of the molecule is O=[N+]([O-])c1cc(Br)cc(Br)c1N1CCCC1. The number of nitro benzene ring substituents is 1. The van der Waals surface area contributed by atoms with Gasteiger partial charge in [-0.2, -0.15) is 0 Å².